The lowest BCUT2D eigenvalue weighted by molar-refractivity contribution is -0.0512. The molecule has 0 saturated heterocycles. The second-order valence-corrected chi connectivity index (χ2v) is 6.46. The smallest absolute Gasteiger partial charge is 0.387 e. The maximum absolute atomic E-state index is 12.5. The number of amides is 1. The van der Waals surface area contributed by atoms with E-state index in [4.69, 9.17) is 16.3 Å². The molecule has 1 N–H and O–H groups in total. The summed E-state index contributed by atoms with van der Waals surface area (Å²) < 4.78 is 36.0. The number of alkyl halides is 2. The molecule has 0 radical (unpaired) electrons. The minimum atomic E-state index is -2.95. The lowest BCUT2D eigenvalue weighted by Gasteiger charge is -2.11. The normalized spacial score (nSPS) is 10.8. The number of benzene rings is 2. The molecule has 0 fully saturated rings. The zero-order valence-corrected chi connectivity index (χ0v) is 16.2. The SMILES string of the molecule is COc1ccc(CCNC(=O)c2cnn(-c3cccc(Cl)c3)c2)cc1OC(F)F. The van der Waals surface area contributed by atoms with E-state index in [1.807, 2.05) is 6.07 Å². The van der Waals surface area contributed by atoms with Gasteiger partial charge >= 0.3 is 6.61 Å². The molecule has 1 aromatic heterocycles. The average molecular weight is 422 g/mol. The molecule has 152 valence electrons. The Labute approximate surface area is 171 Å². The van der Waals surface area contributed by atoms with Gasteiger partial charge in [-0.1, -0.05) is 23.7 Å². The van der Waals surface area contributed by atoms with E-state index in [0.29, 0.717) is 23.6 Å². The fraction of sp³-hybridized carbons (Fsp3) is 0.200. The zero-order chi connectivity index (χ0) is 20.8. The molecule has 2 aromatic carbocycles. The number of aromatic nitrogens is 2. The molecular weight excluding hydrogens is 404 g/mol. The number of rotatable bonds is 8. The van der Waals surface area contributed by atoms with E-state index in [1.54, 1.807) is 41.2 Å². The van der Waals surface area contributed by atoms with Crippen molar-refractivity contribution in [1.29, 1.82) is 0 Å². The van der Waals surface area contributed by atoms with Gasteiger partial charge in [-0.3, -0.25) is 4.79 Å². The Kier molecular flexibility index (Phi) is 6.66. The maximum Gasteiger partial charge on any atom is 0.387 e. The summed E-state index contributed by atoms with van der Waals surface area (Å²) in [6.45, 7) is -2.64. The highest BCUT2D eigenvalue weighted by atomic mass is 35.5. The molecule has 0 aliphatic heterocycles. The summed E-state index contributed by atoms with van der Waals surface area (Å²) >= 11 is 5.97. The third-order valence-corrected chi connectivity index (χ3v) is 4.30. The van der Waals surface area contributed by atoms with E-state index < -0.39 is 6.61 Å². The average Bonchev–Trinajstić information content (AvgIpc) is 3.18. The molecule has 3 aromatic rings. The van der Waals surface area contributed by atoms with Gasteiger partial charge in [-0.05, 0) is 42.3 Å². The molecule has 0 spiro atoms. The molecule has 0 atom stereocenters. The first-order valence-corrected chi connectivity index (χ1v) is 9.04. The zero-order valence-electron chi connectivity index (χ0n) is 15.4. The van der Waals surface area contributed by atoms with Crippen LogP contribution in [0.1, 0.15) is 15.9 Å². The summed E-state index contributed by atoms with van der Waals surface area (Å²) in [4.78, 5) is 12.3. The van der Waals surface area contributed by atoms with Gasteiger partial charge in [0, 0.05) is 17.8 Å². The summed E-state index contributed by atoms with van der Waals surface area (Å²) in [7, 11) is 1.37. The van der Waals surface area contributed by atoms with Gasteiger partial charge in [-0.15, -0.1) is 0 Å². The number of hydrogen-bond donors (Lipinski definition) is 1. The molecule has 0 aliphatic carbocycles. The van der Waals surface area contributed by atoms with Crippen LogP contribution in [0.3, 0.4) is 0 Å². The minimum absolute atomic E-state index is 0.0471. The first kappa shape index (κ1) is 20.6. The van der Waals surface area contributed by atoms with Crippen LogP contribution in [0.2, 0.25) is 5.02 Å². The second-order valence-electron chi connectivity index (χ2n) is 6.02. The monoisotopic (exact) mass is 421 g/mol. The summed E-state index contributed by atoms with van der Waals surface area (Å²) in [5, 5.41) is 7.51. The Hall–Kier alpha value is -3.13. The highest BCUT2D eigenvalue weighted by Crippen LogP contribution is 2.29. The van der Waals surface area contributed by atoms with Gasteiger partial charge < -0.3 is 14.8 Å². The van der Waals surface area contributed by atoms with Crippen molar-refractivity contribution in [3.05, 3.63) is 71.0 Å². The summed E-state index contributed by atoms with van der Waals surface area (Å²) in [6.07, 6.45) is 3.49. The van der Waals surface area contributed by atoms with Crippen LogP contribution in [0.5, 0.6) is 11.5 Å². The van der Waals surface area contributed by atoms with E-state index in [9.17, 15) is 13.6 Å². The molecule has 0 unspecified atom stereocenters. The van der Waals surface area contributed by atoms with Crippen molar-refractivity contribution in [2.45, 2.75) is 13.0 Å². The number of hydrogen-bond acceptors (Lipinski definition) is 4. The van der Waals surface area contributed by atoms with Crippen LogP contribution in [0.25, 0.3) is 5.69 Å². The number of ether oxygens (including phenoxy) is 2. The summed E-state index contributed by atoms with van der Waals surface area (Å²) in [5.41, 5.74) is 1.85. The van der Waals surface area contributed by atoms with Crippen LogP contribution < -0.4 is 14.8 Å². The van der Waals surface area contributed by atoms with Gasteiger partial charge in [0.2, 0.25) is 0 Å². The number of carbonyl (C=O) groups is 1. The van der Waals surface area contributed by atoms with Gasteiger partial charge in [0.1, 0.15) is 0 Å². The number of nitrogens with zero attached hydrogens (tertiary/aromatic N) is 2. The first-order valence-electron chi connectivity index (χ1n) is 8.67. The van der Waals surface area contributed by atoms with E-state index in [2.05, 4.69) is 15.2 Å². The van der Waals surface area contributed by atoms with Crippen molar-refractivity contribution >= 4 is 17.5 Å². The number of halogens is 3. The van der Waals surface area contributed by atoms with Crippen LogP contribution in [-0.4, -0.2) is 36.0 Å². The Morgan fingerprint density at radius 2 is 2.07 bits per heavy atom. The molecule has 0 saturated carbocycles. The van der Waals surface area contributed by atoms with Gasteiger partial charge in [0.25, 0.3) is 5.91 Å². The van der Waals surface area contributed by atoms with Crippen molar-refractivity contribution in [3.8, 4) is 17.2 Å². The fourth-order valence-corrected chi connectivity index (χ4v) is 2.87. The lowest BCUT2D eigenvalue weighted by atomic mass is 10.1. The predicted molar refractivity (Wildman–Crippen MR) is 104 cm³/mol. The Balaban J connectivity index is 1.59. The third kappa shape index (κ3) is 5.45. The van der Waals surface area contributed by atoms with Crippen LogP contribution in [0, 0.1) is 0 Å². The number of nitrogens with one attached hydrogen (secondary N) is 1. The lowest BCUT2D eigenvalue weighted by Crippen LogP contribution is -2.25. The van der Waals surface area contributed by atoms with E-state index in [0.717, 1.165) is 11.3 Å². The number of carbonyl (C=O) groups excluding carboxylic acids is 1. The van der Waals surface area contributed by atoms with Gasteiger partial charge in [0.15, 0.2) is 11.5 Å². The molecule has 0 bridgehead atoms. The minimum Gasteiger partial charge on any atom is -0.493 e. The Morgan fingerprint density at radius 3 is 2.79 bits per heavy atom. The second kappa shape index (κ2) is 9.38. The van der Waals surface area contributed by atoms with Crippen molar-refractivity contribution in [1.82, 2.24) is 15.1 Å². The third-order valence-electron chi connectivity index (χ3n) is 4.06. The molecule has 1 heterocycles. The van der Waals surface area contributed by atoms with E-state index in [-0.39, 0.29) is 17.4 Å². The molecule has 0 aliphatic rings. The highest BCUT2D eigenvalue weighted by molar-refractivity contribution is 6.30. The Bertz CT molecular complexity index is 995. The summed E-state index contributed by atoms with van der Waals surface area (Å²) in [6, 6.07) is 11.8. The standard InChI is InChI=1S/C20H18ClF2N3O3/c1-28-17-6-5-13(9-18(17)29-20(22)23)7-8-24-19(27)14-11-25-26(12-14)16-4-2-3-15(21)10-16/h2-6,9-12,20H,7-8H2,1H3,(H,24,27). The van der Waals surface area contributed by atoms with Crippen molar-refractivity contribution in [3.63, 3.8) is 0 Å². The Morgan fingerprint density at radius 1 is 1.24 bits per heavy atom. The first-order chi connectivity index (χ1) is 14.0. The van der Waals surface area contributed by atoms with Gasteiger partial charge in [0.05, 0.1) is 24.6 Å². The highest BCUT2D eigenvalue weighted by Gasteiger charge is 2.12. The van der Waals surface area contributed by atoms with E-state index >= 15 is 0 Å². The molecule has 9 heteroatoms. The quantitative estimate of drug-likeness (QED) is 0.594. The largest absolute Gasteiger partial charge is 0.493 e. The van der Waals surface area contributed by atoms with Crippen molar-refractivity contribution in [2.24, 2.45) is 0 Å². The van der Waals surface area contributed by atoms with Gasteiger partial charge in [-0.25, -0.2) is 4.68 Å². The van der Waals surface area contributed by atoms with E-state index in [1.165, 1.54) is 19.4 Å². The molecule has 6 nitrogen and oxygen atoms in total. The van der Waals surface area contributed by atoms with Gasteiger partial charge in [-0.2, -0.15) is 13.9 Å². The molecule has 29 heavy (non-hydrogen) atoms. The fourth-order valence-electron chi connectivity index (χ4n) is 2.69. The summed E-state index contributed by atoms with van der Waals surface area (Å²) in [5.74, 6) is -0.128. The van der Waals surface area contributed by atoms with Crippen molar-refractivity contribution in [2.75, 3.05) is 13.7 Å². The number of methoxy groups -OCH3 is 1. The molecule has 3 rings (SSSR count). The van der Waals surface area contributed by atoms with Crippen molar-refractivity contribution < 1.29 is 23.0 Å². The molecular formula is C20H18ClF2N3O3. The topological polar surface area (TPSA) is 65.4 Å². The van der Waals surface area contributed by atoms with Crippen LogP contribution in [0.15, 0.2) is 54.9 Å². The van der Waals surface area contributed by atoms with Crippen LogP contribution >= 0.6 is 11.6 Å². The molecule has 1 amide bonds. The maximum atomic E-state index is 12.5. The van der Waals surface area contributed by atoms with Crippen LogP contribution in [0.4, 0.5) is 8.78 Å². The van der Waals surface area contributed by atoms with Crippen LogP contribution in [-0.2, 0) is 6.42 Å². The predicted octanol–water partition coefficient (Wildman–Crippen LogP) is 4.11.